The molecule has 2 N–H and O–H groups in total. The lowest BCUT2D eigenvalue weighted by Crippen LogP contribution is -2.28. The zero-order chi connectivity index (χ0) is 20.5. The van der Waals surface area contributed by atoms with E-state index < -0.39 is 11.6 Å². The second-order valence-electron chi connectivity index (χ2n) is 7.28. The minimum Gasteiger partial charge on any atom is -0.450 e. The first-order chi connectivity index (χ1) is 13.9. The molecule has 0 unspecified atom stereocenters. The van der Waals surface area contributed by atoms with Crippen molar-refractivity contribution in [2.45, 2.75) is 32.7 Å². The molecule has 6 nitrogen and oxygen atoms in total. The maximum atomic E-state index is 14.0. The van der Waals surface area contributed by atoms with Crippen LogP contribution in [0.3, 0.4) is 0 Å². The Bertz CT molecular complexity index is 1130. The maximum absolute atomic E-state index is 14.0. The highest BCUT2D eigenvalue weighted by molar-refractivity contribution is 5.67. The lowest BCUT2D eigenvalue weighted by atomic mass is 9.85. The maximum Gasteiger partial charge on any atom is 0.253 e. The summed E-state index contributed by atoms with van der Waals surface area (Å²) < 4.78 is 34.5. The second kappa shape index (κ2) is 7.62. The predicted molar refractivity (Wildman–Crippen MR) is 105 cm³/mol. The highest BCUT2D eigenvalue weighted by atomic mass is 19.1. The minimum atomic E-state index is -0.848. The van der Waals surface area contributed by atoms with Crippen LogP contribution in [0.4, 0.5) is 14.7 Å². The van der Waals surface area contributed by atoms with E-state index in [2.05, 4.69) is 9.97 Å². The molecule has 4 rings (SSSR count). The van der Waals surface area contributed by atoms with Crippen molar-refractivity contribution in [3.63, 3.8) is 0 Å². The Kier molecular flexibility index (Phi) is 5.00. The molecule has 0 aliphatic heterocycles. The molecule has 2 aromatic heterocycles. The van der Waals surface area contributed by atoms with Crippen LogP contribution < -0.4 is 16.0 Å². The van der Waals surface area contributed by atoms with Crippen LogP contribution in [-0.2, 0) is 6.54 Å². The van der Waals surface area contributed by atoms with Crippen LogP contribution in [0.15, 0.2) is 41.5 Å². The first kappa shape index (κ1) is 19.0. The number of nitrogens with two attached hydrogens (primary N) is 1. The van der Waals surface area contributed by atoms with Gasteiger partial charge in [0.25, 0.3) is 5.56 Å². The molecule has 0 bridgehead atoms. The molecule has 1 fully saturated rings. The molecule has 1 aromatic carbocycles. The van der Waals surface area contributed by atoms with Crippen LogP contribution in [0.25, 0.3) is 11.3 Å². The van der Waals surface area contributed by atoms with Gasteiger partial charge in [0.15, 0.2) is 17.3 Å². The van der Waals surface area contributed by atoms with Crippen LogP contribution in [0, 0.1) is 24.5 Å². The molecule has 1 aliphatic carbocycles. The fourth-order valence-electron chi connectivity index (χ4n) is 3.35. The van der Waals surface area contributed by atoms with Gasteiger partial charge in [-0.15, -0.1) is 0 Å². The summed E-state index contributed by atoms with van der Waals surface area (Å²) >= 11 is 0. The third-order valence-corrected chi connectivity index (χ3v) is 5.11. The molecule has 1 aliphatic rings. The van der Waals surface area contributed by atoms with Crippen molar-refractivity contribution in [3.8, 4) is 22.8 Å². The molecule has 0 saturated heterocycles. The number of pyridine rings is 1. The van der Waals surface area contributed by atoms with E-state index in [1.807, 2.05) is 0 Å². The van der Waals surface area contributed by atoms with E-state index in [-0.39, 0.29) is 23.0 Å². The van der Waals surface area contributed by atoms with Gasteiger partial charge in [-0.25, -0.2) is 18.7 Å². The Morgan fingerprint density at radius 2 is 2.03 bits per heavy atom. The van der Waals surface area contributed by atoms with Crippen molar-refractivity contribution in [1.82, 2.24) is 14.5 Å². The predicted octanol–water partition coefficient (Wildman–Crippen LogP) is 4.07. The van der Waals surface area contributed by atoms with E-state index in [1.165, 1.54) is 18.7 Å². The Hall–Kier alpha value is -3.29. The average molecular weight is 398 g/mol. The highest BCUT2D eigenvalue weighted by Crippen LogP contribution is 2.33. The molecular formula is C21H20F2N4O2. The number of hydrogen-bond acceptors (Lipinski definition) is 5. The number of ether oxygens (including phenoxy) is 1. The van der Waals surface area contributed by atoms with Gasteiger partial charge >= 0.3 is 0 Å². The van der Waals surface area contributed by atoms with E-state index in [0.717, 1.165) is 25.0 Å². The number of anilines is 1. The van der Waals surface area contributed by atoms with E-state index in [1.54, 1.807) is 23.8 Å². The summed E-state index contributed by atoms with van der Waals surface area (Å²) in [6.07, 6.45) is 6.44. The third kappa shape index (κ3) is 3.96. The normalized spacial score (nSPS) is 13.9. The summed E-state index contributed by atoms with van der Waals surface area (Å²) in [7, 11) is 0. The summed E-state index contributed by atoms with van der Waals surface area (Å²) in [6, 6.07) is 4.71. The van der Waals surface area contributed by atoms with Crippen LogP contribution in [0.5, 0.6) is 11.5 Å². The lowest BCUT2D eigenvalue weighted by molar-refractivity contribution is 0.273. The number of nitrogen functional groups attached to an aromatic ring is 1. The van der Waals surface area contributed by atoms with Crippen LogP contribution in [0.1, 0.15) is 24.8 Å². The molecule has 2 heterocycles. The quantitative estimate of drug-likeness (QED) is 0.701. The second-order valence-corrected chi connectivity index (χ2v) is 7.28. The standard InChI is InChI=1S/C21H20F2N4O2/c1-12-7-14(11-27(20(12)28)10-13-3-2-4-13)19-18(9-25-21(24)26-19)29-17-6-5-15(22)8-16(17)23/h5-9,11,13H,2-4,10H2,1H3,(H2,24,25,26). The number of halogens is 2. The Morgan fingerprint density at radius 3 is 2.72 bits per heavy atom. The Labute approximate surface area is 166 Å². The average Bonchev–Trinajstić information content (AvgIpc) is 2.64. The molecule has 8 heteroatoms. The van der Waals surface area contributed by atoms with Gasteiger partial charge in [-0.05, 0) is 43.9 Å². The third-order valence-electron chi connectivity index (χ3n) is 5.11. The van der Waals surface area contributed by atoms with Gasteiger partial charge < -0.3 is 15.0 Å². The molecule has 0 radical (unpaired) electrons. The van der Waals surface area contributed by atoms with Gasteiger partial charge in [0.05, 0.1) is 6.20 Å². The van der Waals surface area contributed by atoms with Crippen molar-refractivity contribution in [1.29, 1.82) is 0 Å². The topological polar surface area (TPSA) is 83.0 Å². The number of aryl methyl sites for hydroxylation is 1. The first-order valence-corrected chi connectivity index (χ1v) is 9.37. The monoisotopic (exact) mass is 398 g/mol. The number of hydrogen-bond donors (Lipinski definition) is 1. The SMILES string of the molecule is Cc1cc(-c2nc(N)ncc2Oc2ccc(F)cc2F)cn(CC2CCC2)c1=O. The summed E-state index contributed by atoms with van der Waals surface area (Å²) in [6.45, 7) is 2.37. The fraction of sp³-hybridized carbons (Fsp3) is 0.286. The number of rotatable bonds is 5. The summed E-state index contributed by atoms with van der Waals surface area (Å²) in [5.41, 5.74) is 7.18. The molecule has 0 spiro atoms. The van der Waals surface area contributed by atoms with E-state index in [0.29, 0.717) is 29.3 Å². The first-order valence-electron chi connectivity index (χ1n) is 9.37. The minimum absolute atomic E-state index is 0.0151. The van der Waals surface area contributed by atoms with Crippen molar-refractivity contribution in [2.75, 3.05) is 5.73 Å². The molecule has 0 amide bonds. The smallest absolute Gasteiger partial charge is 0.253 e. The zero-order valence-electron chi connectivity index (χ0n) is 15.9. The van der Waals surface area contributed by atoms with E-state index in [4.69, 9.17) is 10.5 Å². The molecule has 0 atom stereocenters. The van der Waals surface area contributed by atoms with E-state index in [9.17, 15) is 13.6 Å². The molecule has 3 aromatic rings. The summed E-state index contributed by atoms with van der Waals surface area (Å²) in [5, 5.41) is 0. The van der Waals surface area contributed by atoms with Crippen molar-refractivity contribution in [2.24, 2.45) is 5.92 Å². The molecule has 150 valence electrons. The van der Waals surface area contributed by atoms with Gasteiger partial charge in [-0.2, -0.15) is 0 Å². The van der Waals surface area contributed by atoms with Crippen LogP contribution in [0.2, 0.25) is 0 Å². The van der Waals surface area contributed by atoms with Crippen molar-refractivity contribution in [3.05, 3.63) is 64.2 Å². The summed E-state index contributed by atoms with van der Waals surface area (Å²) in [4.78, 5) is 20.7. The Morgan fingerprint density at radius 1 is 1.24 bits per heavy atom. The van der Waals surface area contributed by atoms with Gasteiger partial charge in [-0.3, -0.25) is 4.79 Å². The van der Waals surface area contributed by atoms with Gasteiger partial charge in [-0.1, -0.05) is 6.42 Å². The van der Waals surface area contributed by atoms with Gasteiger partial charge in [0.2, 0.25) is 5.95 Å². The number of nitrogens with zero attached hydrogens (tertiary/aromatic N) is 3. The molecule has 29 heavy (non-hydrogen) atoms. The van der Waals surface area contributed by atoms with Crippen molar-refractivity contribution < 1.29 is 13.5 Å². The summed E-state index contributed by atoms with van der Waals surface area (Å²) in [5.74, 6) is -1.07. The molecule has 1 saturated carbocycles. The van der Waals surface area contributed by atoms with E-state index >= 15 is 0 Å². The molecular weight excluding hydrogens is 378 g/mol. The largest absolute Gasteiger partial charge is 0.450 e. The highest BCUT2D eigenvalue weighted by Gasteiger charge is 2.20. The number of aromatic nitrogens is 3. The van der Waals surface area contributed by atoms with Crippen LogP contribution >= 0.6 is 0 Å². The van der Waals surface area contributed by atoms with Gasteiger partial charge in [0.1, 0.15) is 11.5 Å². The van der Waals surface area contributed by atoms with Crippen molar-refractivity contribution >= 4 is 5.95 Å². The van der Waals surface area contributed by atoms with Crippen LogP contribution in [-0.4, -0.2) is 14.5 Å². The zero-order valence-corrected chi connectivity index (χ0v) is 15.9. The van der Waals surface area contributed by atoms with Gasteiger partial charge in [0, 0.05) is 29.9 Å². The number of benzene rings is 1. The fourth-order valence-corrected chi connectivity index (χ4v) is 3.35. The lowest BCUT2D eigenvalue weighted by Gasteiger charge is -2.26. The Balaban J connectivity index is 1.76.